The molecule has 0 bridgehead atoms. The molecule has 0 aliphatic carbocycles. The molecule has 1 N–H and O–H groups in total. The molecule has 0 fully saturated rings. The molecule has 2 heterocycles. The summed E-state index contributed by atoms with van der Waals surface area (Å²) in [7, 11) is 3.79. The number of rotatable bonds is 6. The van der Waals surface area contributed by atoms with Crippen LogP contribution >= 0.6 is 23.5 Å². The van der Waals surface area contributed by atoms with Crippen molar-refractivity contribution in [3.63, 3.8) is 0 Å². The van der Waals surface area contributed by atoms with Gasteiger partial charge in [0.05, 0.1) is 16.1 Å². The fraction of sp³-hybridized carbons (Fsp3) is 0.278. The second-order valence-electron chi connectivity index (χ2n) is 6.17. The molecular formula is C18H17ClF3N5OS. The number of alkyl halides is 3. The van der Waals surface area contributed by atoms with E-state index in [0.717, 1.165) is 10.6 Å². The van der Waals surface area contributed by atoms with E-state index in [0.29, 0.717) is 12.3 Å². The second-order valence-corrected chi connectivity index (χ2v) is 7.97. The number of hydrogen-bond donors (Lipinski definition) is 1. The lowest BCUT2D eigenvalue weighted by Crippen LogP contribution is -2.25. The van der Waals surface area contributed by atoms with Crippen LogP contribution in [0.3, 0.4) is 0 Å². The standard InChI is InChI=1S/C18H17ClF3N5OS/c1-26(2)29-10-9-23-15-11-7-8-14(18(20,21)22)24-16(11)27(17(28)25-15)13-6-4-3-5-12(13)19/h3-8H,9-10H2,1-2H3,(H,23,25,28). The van der Waals surface area contributed by atoms with E-state index in [1.165, 1.54) is 18.2 Å². The van der Waals surface area contributed by atoms with Crippen LogP contribution in [0.1, 0.15) is 5.69 Å². The first-order valence-corrected chi connectivity index (χ1v) is 9.80. The van der Waals surface area contributed by atoms with E-state index in [9.17, 15) is 18.0 Å². The number of para-hydroxylation sites is 1. The van der Waals surface area contributed by atoms with Crippen LogP contribution in [0.5, 0.6) is 0 Å². The summed E-state index contributed by atoms with van der Waals surface area (Å²) < 4.78 is 42.6. The Bertz CT molecular complexity index is 1090. The van der Waals surface area contributed by atoms with Crippen LogP contribution in [0.2, 0.25) is 5.02 Å². The van der Waals surface area contributed by atoms with Gasteiger partial charge in [-0.15, -0.1) is 0 Å². The van der Waals surface area contributed by atoms with Crippen LogP contribution in [0, 0.1) is 0 Å². The fourth-order valence-electron chi connectivity index (χ4n) is 2.64. The molecular weight excluding hydrogens is 427 g/mol. The van der Waals surface area contributed by atoms with Crippen molar-refractivity contribution in [2.75, 3.05) is 31.7 Å². The van der Waals surface area contributed by atoms with Gasteiger partial charge in [-0.1, -0.05) is 35.7 Å². The van der Waals surface area contributed by atoms with Crippen molar-refractivity contribution in [2.45, 2.75) is 6.18 Å². The van der Waals surface area contributed by atoms with Crippen molar-refractivity contribution in [2.24, 2.45) is 0 Å². The van der Waals surface area contributed by atoms with Crippen LogP contribution in [-0.2, 0) is 6.18 Å². The summed E-state index contributed by atoms with van der Waals surface area (Å²) in [6.45, 7) is 0.460. The van der Waals surface area contributed by atoms with Gasteiger partial charge >= 0.3 is 11.9 Å². The largest absolute Gasteiger partial charge is 0.433 e. The molecule has 29 heavy (non-hydrogen) atoms. The molecule has 0 atom stereocenters. The Balaban J connectivity index is 2.18. The van der Waals surface area contributed by atoms with E-state index in [-0.39, 0.29) is 27.6 Å². The molecule has 0 aliphatic heterocycles. The van der Waals surface area contributed by atoms with Crippen molar-refractivity contribution < 1.29 is 13.2 Å². The predicted molar refractivity (Wildman–Crippen MR) is 110 cm³/mol. The van der Waals surface area contributed by atoms with E-state index in [1.807, 2.05) is 18.4 Å². The van der Waals surface area contributed by atoms with Gasteiger partial charge in [-0.05, 0) is 38.4 Å². The maximum atomic E-state index is 13.2. The van der Waals surface area contributed by atoms with Crippen LogP contribution in [0.25, 0.3) is 16.7 Å². The summed E-state index contributed by atoms with van der Waals surface area (Å²) in [5.74, 6) is 0.853. The van der Waals surface area contributed by atoms with E-state index in [1.54, 1.807) is 24.1 Å². The zero-order valence-electron chi connectivity index (χ0n) is 15.5. The van der Waals surface area contributed by atoms with Gasteiger partial charge in [-0.25, -0.2) is 14.3 Å². The lowest BCUT2D eigenvalue weighted by Gasteiger charge is -2.16. The highest BCUT2D eigenvalue weighted by Crippen LogP contribution is 2.31. The molecule has 154 valence electrons. The highest BCUT2D eigenvalue weighted by molar-refractivity contribution is 7.97. The molecule has 3 aromatic rings. The van der Waals surface area contributed by atoms with Gasteiger partial charge in [-0.2, -0.15) is 18.2 Å². The molecule has 0 aliphatic rings. The Morgan fingerprint density at radius 1 is 1.17 bits per heavy atom. The van der Waals surface area contributed by atoms with Gasteiger partial charge in [0.2, 0.25) is 0 Å². The summed E-state index contributed by atoms with van der Waals surface area (Å²) in [5.41, 5.74) is -1.85. The highest BCUT2D eigenvalue weighted by Gasteiger charge is 2.33. The Labute approximate surface area is 173 Å². The molecule has 0 spiro atoms. The molecule has 0 unspecified atom stereocenters. The van der Waals surface area contributed by atoms with Crippen molar-refractivity contribution in [1.82, 2.24) is 18.8 Å². The van der Waals surface area contributed by atoms with Crippen molar-refractivity contribution in [1.29, 1.82) is 0 Å². The number of pyridine rings is 1. The Morgan fingerprint density at radius 2 is 1.90 bits per heavy atom. The third-order valence-electron chi connectivity index (χ3n) is 3.87. The maximum absolute atomic E-state index is 13.2. The summed E-state index contributed by atoms with van der Waals surface area (Å²) in [6, 6.07) is 8.45. The fourth-order valence-corrected chi connectivity index (χ4v) is 3.42. The number of nitrogens with one attached hydrogen (secondary N) is 1. The first-order valence-electron chi connectivity index (χ1n) is 8.48. The zero-order valence-corrected chi connectivity index (χ0v) is 17.1. The van der Waals surface area contributed by atoms with Crippen molar-refractivity contribution >= 4 is 40.4 Å². The van der Waals surface area contributed by atoms with E-state index < -0.39 is 17.6 Å². The molecule has 3 rings (SSSR count). The van der Waals surface area contributed by atoms with E-state index in [2.05, 4.69) is 15.3 Å². The van der Waals surface area contributed by atoms with Crippen LogP contribution < -0.4 is 11.0 Å². The molecule has 0 saturated heterocycles. The first kappa shape index (κ1) is 21.4. The monoisotopic (exact) mass is 443 g/mol. The summed E-state index contributed by atoms with van der Waals surface area (Å²) in [5, 5.41) is 3.49. The summed E-state index contributed by atoms with van der Waals surface area (Å²) >= 11 is 7.72. The molecule has 1 aromatic carbocycles. The minimum atomic E-state index is -4.66. The highest BCUT2D eigenvalue weighted by atomic mass is 35.5. The Morgan fingerprint density at radius 3 is 2.55 bits per heavy atom. The number of benzene rings is 1. The van der Waals surface area contributed by atoms with Gasteiger partial charge < -0.3 is 5.32 Å². The van der Waals surface area contributed by atoms with E-state index >= 15 is 0 Å². The zero-order chi connectivity index (χ0) is 21.2. The second kappa shape index (κ2) is 8.60. The number of anilines is 1. The summed E-state index contributed by atoms with van der Waals surface area (Å²) in [6.07, 6.45) is -4.66. The van der Waals surface area contributed by atoms with E-state index in [4.69, 9.17) is 11.6 Å². The lowest BCUT2D eigenvalue weighted by molar-refractivity contribution is -0.141. The Kier molecular flexibility index (Phi) is 6.35. The van der Waals surface area contributed by atoms with Crippen molar-refractivity contribution in [3.8, 4) is 5.69 Å². The number of fused-ring (bicyclic) bond motifs is 1. The number of aromatic nitrogens is 3. The minimum Gasteiger partial charge on any atom is -0.368 e. The smallest absolute Gasteiger partial charge is 0.368 e. The minimum absolute atomic E-state index is 0.171. The van der Waals surface area contributed by atoms with Crippen LogP contribution in [0.4, 0.5) is 19.0 Å². The predicted octanol–water partition coefficient (Wildman–Crippen LogP) is 4.07. The number of nitrogens with zero attached hydrogens (tertiary/aromatic N) is 4. The van der Waals surface area contributed by atoms with Gasteiger partial charge in [0, 0.05) is 12.3 Å². The topological polar surface area (TPSA) is 63.1 Å². The van der Waals surface area contributed by atoms with Gasteiger partial charge in [0.1, 0.15) is 11.5 Å². The normalized spacial score (nSPS) is 12.0. The van der Waals surface area contributed by atoms with Gasteiger partial charge in [-0.3, -0.25) is 4.31 Å². The molecule has 0 saturated carbocycles. The molecule has 0 amide bonds. The van der Waals surface area contributed by atoms with Gasteiger partial charge in [0.25, 0.3) is 0 Å². The Hall–Kier alpha value is -2.30. The summed E-state index contributed by atoms with van der Waals surface area (Å²) in [4.78, 5) is 20.5. The van der Waals surface area contributed by atoms with Crippen LogP contribution in [-0.4, -0.2) is 45.2 Å². The SMILES string of the molecule is CN(C)SCCNc1nc(=O)n(-c2ccccc2Cl)c2nc(C(F)(F)F)ccc12. The van der Waals surface area contributed by atoms with Crippen LogP contribution in [0.15, 0.2) is 41.2 Å². The maximum Gasteiger partial charge on any atom is 0.433 e. The third kappa shape index (κ3) is 4.82. The average Bonchev–Trinajstić information content (AvgIpc) is 2.65. The lowest BCUT2D eigenvalue weighted by atomic mass is 10.2. The molecule has 11 heteroatoms. The van der Waals surface area contributed by atoms with Crippen molar-refractivity contribution in [3.05, 3.63) is 57.6 Å². The quantitative estimate of drug-likeness (QED) is 0.457. The third-order valence-corrected chi connectivity index (χ3v) is 5.09. The van der Waals surface area contributed by atoms with Gasteiger partial charge in [0.15, 0.2) is 5.65 Å². The molecule has 0 radical (unpaired) electrons. The number of halogens is 4. The number of hydrogen-bond acceptors (Lipinski definition) is 6. The molecule has 2 aromatic heterocycles. The first-order chi connectivity index (χ1) is 13.7. The molecule has 6 nitrogen and oxygen atoms in total. The average molecular weight is 444 g/mol.